The van der Waals surface area contributed by atoms with Crippen molar-refractivity contribution in [2.45, 2.75) is 0 Å². The van der Waals surface area contributed by atoms with Crippen LogP contribution in [0.4, 0.5) is 0 Å². The van der Waals surface area contributed by atoms with Crippen molar-refractivity contribution in [2.24, 2.45) is 7.05 Å². The van der Waals surface area contributed by atoms with Crippen LogP contribution in [0.15, 0.2) is 126 Å². The van der Waals surface area contributed by atoms with Gasteiger partial charge < -0.3 is 0 Å². The molecule has 37 heavy (non-hydrogen) atoms. The van der Waals surface area contributed by atoms with Crippen LogP contribution in [0, 0.1) is 10.2 Å². The summed E-state index contributed by atoms with van der Waals surface area (Å²) in [5, 5.41) is 0. The molecule has 4 aromatic carbocycles. The fourth-order valence-electron chi connectivity index (χ4n) is 4.20. The first kappa shape index (κ1) is 26.7. The van der Waals surface area contributed by atoms with Gasteiger partial charge in [-0.1, -0.05) is 88.7 Å². The number of hydrogen-bond acceptors (Lipinski definition) is 4. The molecule has 0 saturated carbocycles. The average molecular weight is 577 g/mol. The molecule has 0 amide bonds. The Bertz CT molecular complexity index is 1410. The van der Waals surface area contributed by atoms with Gasteiger partial charge in [-0.3, -0.25) is 0 Å². The van der Waals surface area contributed by atoms with Gasteiger partial charge in [-0.05, 0) is 63.7 Å². The predicted molar refractivity (Wildman–Crippen MR) is 137 cm³/mol. The van der Waals surface area contributed by atoms with Crippen molar-refractivity contribution in [1.29, 1.82) is 0 Å². The number of pyridine rings is 1. The molecule has 186 valence electrons. The van der Waals surface area contributed by atoms with Gasteiger partial charge >= 0.3 is 0 Å². The summed E-state index contributed by atoms with van der Waals surface area (Å²) in [6.45, 7) is 0. The molecule has 0 spiro atoms. The molecule has 0 bridgehead atoms. The number of hydrogen-bond donors (Lipinski definition) is 0. The third-order valence-corrected chi connectivity index (χ3v) is 6.33. The van der Waals surface area contributed by atoms with Gasteiger partial charge in [0.25, 0.3) is 0 Å². The van der Waals surface area contributed by atoms with E-state index in [9.17, 15) is 0 Å². The Kier molecular flexibility index (Phi) is 8.51. The Morgan fingerprint density at radius 1 is 0.568 bits per heavy atom. The highest BCUT2D eigenvalue weighted by molar-refractivity contribution is 9.10. The maximum absolute atomic E-state index is 8.49. The fourth-order valence-corrected chi connectivity index (χ4v) is 4.47. The summed E-state index contributed by atoms with van der Waals surface area (Å²) in [4.78, 5) is 0. The minimum atomic E-state index is -4.94. The molecular formula is C30H23BrClNO4. The van der Waals surface area contributed by atoms with Crippen molar-refractivity contribution in [3.05, 3.63) is 126 Å². The minimum Gasteiger partial charge on any atom is -0.222 e. The second-order valence-electron chi connectivity index (χ2n) is 8.26. The zero-order chi connectivity index (χ0) is 26.4. The lowest BCUT2D eigenvalue weighted by Crippen LogP contribution is -2.68. The summed E-state index contributed by atoms with van der Waals surface area (Å²) >= 11 is 3.57. The summed E-state index contributed by atoms with van der Waals surface area (Å²) in [7, 11) is -2.83. The van der Waals surface area contributed by atoms with Gasteiger partial charge in [0.15, 0.2) is 6.20 Å². The molecule has 7 heteroatoms. The van der Waals surface area contributed by atoms with E-state index in [0.29, 0.717) is 0 Å². The lowest BCUT2D eigenvalue weighted by molar-refractivity contribution is -2.00. The Hall–Kier alpha value is -3.36. The maximum Gasteiger partial charge on any atom is 0.213 e. The molecular weight excluding hydrogens is 554 g/mol. The molecule has 0 N–H and O–H groups in total. The highest BCUT2D eigenvalue weighted by Gasteiger charge is 2.22. The van der Waals surface area contributed by atoms with Crippen molar-refractivity contribution >= 4 is 15.9 Å². The number of nitrogens with zero attached hydrogens (tertiary/aromatic N) is 1. The number of aryl methyl sites for hydroxylation is 1. The van der Waals surface area contributed by atoms with Crippen LogP contribution in [-0.2, 0) is 7.05 Å². The number of aromatic nitrogens is 1. The third kappa shape index (κ3) is 7.11. The van der Waals surface area contributed by atoms with Crippen LogP contribution >= 0.6 is 15.9 Å². The standard InChI is InChI=1S/C30H23BrN.ClHO4/c1-32-19-9-8-14-29(32)30-27(23-10-4-2-5-11-23)20-25(22-15-17-26(31)18-16-22)21-28(30)24-12-6-3-7-13-24;2-1(3,4)5/h2-21H,1H3;(H,2,3,4,5)/q+1;/p-1. The van der Waals surface area contributed by atoms with E-state index in [1.807, 2.05) is 0 Å². The first-order valence-electron chi connectivity index (χ1n) is 11.3. The SMILES string of the molecule is C[n+]1ccccc1-c1c(-c2ccccc2)cc(-c2ccc(Br)cc2)cc1-c1ccccc1.[O-][Cl+3]([O-])([O-])[O-]. The Morgan fingerprint density at radius 3 is 1.49 bits per heavy atom. The second-order valence-corrected chi connectivity index (χ2v) is 9.93. The summed E-state index contributed by atoms with van der Waals surface area (Å²) in [5.41, 5.74) is 9.71. The average Bonchev–Trinajstić information content (AvgIpc) is 2.89. The van der Waals surface area contributed by atoms with Crippen LogP contribution in [0.1, 0.15) is 0 Å². The molecule has 5 nitrogen and oxygen atoms in total. The summed E-state index contributed by atoms with van der Waals surface area (Å²) in [6, 6.07) is 41.0. The van der Waals surface area contributed by atoms with E-state index in [1.165, 1.54) is 44.6 Å². The van der Waals surface area contributed by atoms with E-state index >= 15 is 0 Å². The van der Waals surface area contributed by atoms with E-state index in [1.54, 1.807) is 0 Å². The van der Waals surface area contributed by atoms with E-state index < -0.39 is 10.2 Å². The van der Waals surface area contributed by atoms with Gasteiger partial charge in [-0.15, -0.1) is 10.2 Å². The smallest absolute Gasteiger partial charge is 0.213 e. The first-order chi connectivity index (χ1) is 17.7. The normalized spacial score (nSPS) is 11.0. The Labute approximate surface area is 226 Å². The lowest BCUT2D eigenvalue weighted by Gasteiger charge is -2.17. The number of benzene rings is 4. The van der Waals surface area contributed by atoms with E-state index in [4.69, 9.17) is 18.6 Å². The Balaban J connectivity index is 0.000000586. The molecule has 1 aromatic heterocycles. The molecule has 0 aliphatic heterocycles. The van der Waals surface area contributed by atoms with E-state index in [0.717, 1.165) is 4.47 Å². The topological polar surface area (TPSA) is 96.1 Å². The van der Waals surface area contributed by atoms with Crippen molar-refractivity contribution in [3.8, 4) is 44.6 Å². The molecule has 1 heterocycles. The molecule has 0 atom stereocenters. The van der Waals surface area contributed by atoms with Crippen LogP contribution in [0.2, 0.25) is 0 Å². The van der Waals surface area contributed by atoms with Crippen molar-refractivity contribution in [1.82, 2.24) is 0 Å². The van der Waals surface area contributed by atoms with Crippen molar-refractivity contribution in [3.63, 3.8) is 0 Å². The first-order valence-corrected chi connectivity index (χ1v) is 13.3. The largest absolute Gasteiger partial charge is 0.222 e. The summed E-state index contributed by atoms with van der Waals surface area (Å²) in [5.74, 6) is 0. The molecule has 0 fully saturated rings. The summed E-state index contributed by atoms with van der Waals surface area (Å²) < 4.78 is 37.3. The highest BCUT2D eigenvalue weighted by Crippen LogP contribution is 2.42. The zero-order valence-electron chi connectivity index (χ0n) is 19.9. The number of halogens is 2. The van der Waals surface area contributed by atoms with Gasteiger partial charge in [0.05, 0.1) is 5.56 Å². The van der Waals surface area contributed by atoms with Crippen LogP contribution < -0.4 is 23.2 Å². The highest BCUT2D eigenvalue weighted by atomic mass is 79.9. The summed E-state index contributed by atoms with van der Waals surface area (Å²) in [6.07, 6.45) is 2.11. The lowest BCUT2D eigenvalue weighted by atomic mass is 9.86. The van der Waals surface area contributed by atoms with Gasteiger partial charge in [-0.2, -0.15) is 0 Å². The minimum absolute atomic E-state index is 1.08. The van der Waals surface area contributed by atoms with Crippen LogP contribution in [-0.4, -0.2) is 0 Å². The van der Waals surface area contributed by atoms with Gasteiger partial charge in [0.1, 0.15) is 7.05 Å². The molecule has 5 rings (SSSR count). The van der Waals surface area contributed by atoms with E-state index in [-0.39, 0.29) is 0 Å². The Morgan fingerprint density at radius 2 is 1.03 bits per heavy atom. The predicted octanol–water partition coefficient (Wildman–Crippen LogP) is 3.19. The van der Waals surface area contributed by atoms with Gasteiger partial charge in [0, 0.05) is 16.6 Å². The molecule has 0 radical (unpaired) electrons. The third-order valence-electron chi connectivity index (χ3n) is 5.80. The second kappa shape index (κ2) is 11.8. The molecule has 5 aromatic rings. The van der Waals surface area contributed by atoms with Crippen LogP contribution in [0.25, 0.3) is 44.6 Å². The fraction of sp³-hybridized carbons (Fsp3) is 0.0333. The van der Waals surface area contributed by atoms with Crippen LogP contribution in [0.5, 0.6) is 0 Å². The van der Waals surface area contributed by atoms with Gasteiger partial charge in [-0.25, -0.2) is 23.2 Å². The van der Waals surface area contributed by atoms with Crippen molar-refractivity contribution < 1.29 is 33.4 Å². The van der Waals surface area contributed by atoms with E-state index in [2.05, 4.69) is 149 Å². The van der Waals surface area contributed by atoms with Gasteiger partial charge in [0.2, 0.25) is 5.69 Å². The molecule has 0 aliphatic rings. The quantitative estimate of drug-likeness (QED) is 0.307. The molecule has 0 saturated heterocycles. The maximum atomic E-state index is 8.49. The zero-order valence-corrected chi connectivity index (χ0v) is 22.2. The molecule has 0 unspecified atom stereocenters. The monoisotopic (exact) mass is 575 g/mol. The molecule has 0 aliphatic carbocycles. The number of rotatable bonds is 4. The van der Waals surface area contributed by atoms with Crippen LogP contribution in [0.3, 0.4) is 0 Å². The van der Waals surface area contributed by atoms with Crippen molar-refractivity contribution in [2.75, 3.05) is 0 Å².